The van der Waals surface area contributed by atoms with E-state index in [0.29, 0.717) is 10.6 Å². The van der Waals surface area contributed by atoms with Crippen molar-refractivity contribution in [2.45, 2.75) is 35.6 Å². The highest BCUT2D eigenvalue weighted by Crippen LogP contribution is 2.33. The molecule has 22 heavy (non-hydrogen) atoms. The molecule has 1 amide bonds. The van der Waals surface area contributed by atoms with Gasteiger partial charge in [-0.05, 0) is 37.1 Å². The van der Waals surface area contributed by atoms with Gasteiger partial charge in [0.05, 0.1) is 0 Å². The maximum absolute atomic E-state index is 12.4. The van der Waals surface area contributed by atoms with E-state index in [2.05, 4.69) is 5.32 Å². The molecule has 0 unspecified atom stereocenters. The van der Waals surface area contributed by atoms with Crippen molar-refractivity contribution in [2.24, 2.45) is 0 Å². The maximum Gasteiger partial charge on any atom is 0.252 e. The standard InChI is InChI=1S/C15H18Cl4N2O/c16-12-7-5-11(6-8-12)13(22)20-14(15(17,18)19)21-9-3-1-2-4-10-21/h5-8,14H,1-4,9-10H2,(H,20,22)/t14-/m0/s1. The third-order valence-corrected chi connectivity index (χ3v) is 4.56. The zero-order valence-corrected chi connectivity index (χ0v) is 15.0. The quantitative estimate of drug-likeness (QED) is 0.771. The molecule has 0 aromatic heterocycles. The second-order valence-corrected chi connectivity index (χ2v) is 8.18. The van der Waals surface area contributed by atoms with E-state index in [-0.39, 0.29) is 5.91 Å². The molecule has 3 nitrogen and oxygen atoms in total. The van der Waals surface area contributed by atoms with Crippen LogP contribution in [0.2, 0.25) is 5.02 Å². The molecule has 2 rings (SSSR count). The van der Waals surface area contributed by atoms with Gasteiger partial charge in [-0.25, -0.2) is 0 Å². The lowest BCUT2D eigenvalue weighted by atomic mass is 10.2. The van der Waals surface area contributed by atoms with Crippen LogP contribution in [-0.2, 0) is 0 Å². The minimum atomic E-state index is -1.59. The molecule has 1 saturated heterocycles. The number of rotatable bonds is 3. The van der Waals surface area contributed by atoms with E-state index in [1.54, 1.807) is 24.3 Å². The lowest BCUT2D eigenvalue weighted by Gasteiger charge is -2.35. The lowest BCUT2D eigenvalue weighted by Crippen LogP contribution is -2.55. The summed E-state index contributed by atoms with van der Waals surface area (Å²) in [7, 11) is 0. The number of alkyl halides is 3. The van der Waals surface area contributed by atoms with Crippen molar-refractivity contribution in [1.29, 1.82) is 0 Å². The van der Waals surface area contributed by atoms with Crippen LogP contribution in [-0.4, -0.2) is 33.9 Å². The van der Waals surface area contributed by atoms with Gasteiger partial charge in [-0.1, -0.05) is 59.2 Å². The number of benzene rings is 1. The fraction of sp³-hybridized carbons (Fsp3) is 0.533. The van der Waals surface area contributed by atoms with Crippen LogP contribution in [0.5, 0.6) is 0 Å². The van der Waals surface area contributed by atoms with Gasteiger partial charge in [0.25, 0.3) is 5.91 Å². The summed E-state index contributed by atoms with van der Waals surface area (Å²) in [5, 5.41) is 3.41. The minimum Gasteiger partial charge on any atom is -0.332 e. The molecule has 1 aliphatic heterocycles. The van der Waals surface area contributed by atoms with Crippen LogP contribution < -0.4 is 5.32 Å². The lowest BCUT2D eigenvalue weighted by molar-refractivity contribution is 0.0853. The summed E-state index contributed by atoms with van der Waals surface area (Å²) in [6.07, 6.45) is 3.74. The van der Waals surface area contributed by atoms with E-state index in [9.17, 15) is 4.79 Å². The third-order valence-electron chi connectivity index (χ3n) is 3.69. The zero-order chi connectivity index (χ0) is 16.2. The number of halogens is 4. The molecule has 0 spiro atoms. The zero-order valence-electron chi connectivity index (χ0n) is 12.0. The Kier molecular flexibility index (Phi) is 6.66. The number of hydrogen-bond donors (Lipinski definition) is 1. The van der Waals surface area contributed by atoms with Gasteiger partial charge < -0.3 is 5.32 Å². The molecule has 0 radical (unpaired) electrons. The van der Waals surface area contributed by atoms with Crippen LogP contribution in [0.15, 0.2) is 24.3 Å². The first-order chi connectivity index (χ1) is 10.4. The molecule has 1 aliphatic rings. The van der Waals surface area contributed by atoms with Gasteiger partial charge in [0.1, 0.15) is 6.17 Å². The average molecular weight is 384 g/mol. The van der Waals surface area contributed by atoms with Crippen molar-refractivity contribution >= 4 is 52.3 Å². The fourth-order valence-corrected chi connectivity index (χ4v) is 3.25. The van der Waals surface area contributed by atoms with Gasteiger partial charge in [-0.2, -0.15) is 0 Å². The Morgan fingerprint density at radius 2 is 1.59 bits per heavy atom. The first kappa shape index (κ1) is 18.2. The highest BCUT2D eigenvalue weighted by atomic mass is 35.6. The molecule has 122 valence electrons. The van der Waals surface area contributed by atoms with E-state index < -0.39 is 9.96 Å². The molecule has 1 aromatic carbocycles. The summed E-state index contributed by atoms with van der Waals surface area (Å²) < 4.78 is -1.59. The number of likely N-dealkylation sites (tertiary alicyclic amines) is 1. The SMILES string of the molecule is O=C(N[C@@H](N1CCCCCC1)C(Cl)(Cl)Cl)c1ccc(Cl)cc1. The number of nitrogens with one attached hydrogen (secondary N) is 1. The normalized spacial score (nSPS) is 18.5. The molecule has 7 heteroatoms. The Balaban J connectivity index is 2.12. The second kappa shape index (κ2) is 8.07. The summed E-state index contributed by atoms with van der Waals surface area (Å²) in [5.74, 6) is -0.280. The van der Waals surface area contributed by atoms with Crippen molar-refractivity contribution in [3.63, 3.8) is 0 Å². The van der Waals surface area contributed by atoms with Crippen molar-refractivity contribution in [1.82, 2.24) is 10.2 Å². The topological polar surface area (TPSA) is 32.3 Å². The van der Waals surface area contributed by atoms with Crippen LogP contribution in [0.3, 0.4) is 0 Å². The predicted molar refractivity (Wildman–Crippen MR) is 93.0 cm³/mol. The Labute approximate surface area is 150 Å². The van der Waals surface area contributed by atoms with Gasteiger partial charge in [-0.15, -0.1) is 0 Å². The Hall–Kier alpha value is -0.190. The van der Waals surface area contributed by atoms with E-state index >= 15 is 0 Å². The Bertz CT molecular complexity index is 493. The Morgan fingerprint density at radius 1 is 1.05 bits per heavy atom. The maximum atomic E-state index is 12.4. The molecule has 1 aromatic rings. The van der Waals surface area contributed by atoms with Gasteiger partial charge in [0.2, 0.25) is 3.79 Å². The molecule has 1 heterocycles. The van der Waals surface area contributed by atoms with E-state index in [1.807, 2.05) is 4.90 Å². The summed E-state index contributed by atoms with van der Waals surface area (Å²) in [6.45, 7) is 1.61. The van der Waals surface area contributed by atoms with Crippen molar-refractivity contribution in [2.75, 3.05) is 13.1 Å². The number of carbonyl (C=O) groups is 1. The average Bonchev–Trinajstić information content (AvgIpc) is 2.73. The molecule has 1 N–H and O–H groups in total. The van der Waals surface area contributed by atoms with Gasteiger partial charge >= 0.3 is 0 Å². The van der Waals surface area contributed by atoms with Gasteiger partial charge in [0, 0.05) is 23.7 Å². The Morgan fingerprint density at radius 3 is 2.09 bits per heavy atom. The highest BCUT2D eigenvalue weighted by Gasteiger charge is 2.38. The number of hydrogen-bond acceptors (Lipinski definition) is 2. The number of nitrogens with zero attached hydrogens (tertiary/aromatic N) is 1. The van der Waals surface area contributed by atoms with E-state index in [4.69, 9.17) is 46.4 Å². The smallest absolute Gasteiger partial charge is 0.252 e. The molecule has 0 bridgehead atoms. The molecule has 0 aliphatic carbocycles. The summed E-state index contributed by atoms with van der Waals surface area (Å²) in [4.78, 5) is 14.4. The first-order valence-corrected chi connectivity index (χ1v) is 8.76. The van der Waals surface area contributed by atoms with Gasteiger partial charge in [0.15, 0.2) is 0 Å². The first-order valence-electron chi connectivity index (χ1n) is 7.25. The number of carbonyl (C=O) groups excluding carboxylic acids is 1. The fourth-order valence-electron chi connectivity index (χ4n) is 2.54. The van der Waals surface area contributed by atoms with Crippen LogP contribution >= 0.6 is 46.4 Å². The summed E-state index contributed by atoms with van der Waals surface area (Å²) >= 11 is 24.1. The van der Waals surface area contributed by atoms with Crippen LogP contribution in [0.4, 0.5) is 0 Å². The summed E-state index contributed by atoms with van der Waals surface area (Å²) in [6, 6.07) is 6.62. The number of amides is 1. The van der Waals surface area contributed by atoms with Crippen LogP contribution in [0.1, 0.15) is 36.0 Å². The monoisotopic (exact) mass is 382 g/mol. The molecular formula is C15H18Cl4N2O. The molecule has 1 atom stereocenters. The van der Waals surface area contributed by atoms with Gasteiger partial charge in [-0.3, -0.25) is 9.69 Å². The largest absolute Gasteiger partial charge is 0.332 e. The highest BCUT2D eigenvalue weighted by molar-refractivity contribution is 6.68. The van der Waals surface area contributed by atoms with Crippen molar-refractivity contribution in [3.8, 4) is 0 Å². The minimum absolute atomic E-state index is 0.280. The van der Waals surface area contributed by atoms with Crippen molar-refractivity contribution in [3.05, 3.63) is 34.9 Å². The van der Waals surface area contributed by atoms with Crippen molar-refractivity contribution < 1.29 is 4.79 Å². The second-order valence-electron chi connectivity index (χ2n) is 5.37. The molecule has 1 fully saturated rings. The molecular weight excluding hydrogens is 366 g/mol. The molecule has 0 saturated carbocycles. The summed E-state index contributed by atoms with van der Waals surface area (Å²) in [5.41, 5.74) is 0.485. The predicted octanol–water partition coefficient (Wildman–Crippen LogP) is 4.64. The van der Waals surface area contributed by atoms with E-state index in [1.165, 1.54) is 0 Å². The van der Waals surface area contributed by atoms with Crippen LogP contribution in [0.25, 0.3) is 0 Å². The van der Waals surface area contributed by atoms with E-state index in [0.717, 1.165) is 38.8 Å². The van der Waals surface area contributed by atoms with Crippen LogP contribution in [0, 0.1) is 0 Å². The third kappa shape index (κ3) is 5.17.